The predicted octanol–water partition coefficient (Wildman–Crippen LogP) is 6.62. The second kappa shape index (κ2) is 12.8. The third kappa shape index (κ3) is 6.57. The van der Waals surface area contributed by atoms with Crippen molar-refractivity contribution in [2.24, 2.45) is 0 Å². The molecule has 0 aliphatic heterocycles. The van der Waals surface area contributed by atoms with Crippen LogP contribution in [-0.4, -0.2) is 42.1 Å². The van der Waals surface area contributed by atoms with E-state index in [1.165, 1.54) is 12.2 Å². The maximum Gasteiger partial charge on any atom is 0.333 e. The largest absolute Gasteiger partial charge is 0.486 e. The van der Waals surface area contributed by atoms with E-state index in [1.54, 1.807) is 61.1 Å². The van der Waals surface area contributed by atoms with Crippen molar-refractivity contribution in [2.75, 3.05) is 0 Å². The number of carboxylic acids is 2. The first kappa shape index (κ1) is 28.7. The zero-order valence-corrected chi connectivity index (χ0v) is 22.8. The van der Waals surface area contributed by atoms with Gasteiger partial charge < -0.3 is 10.2 Å². The van der Waals surface area contributed by atoms with Crippen LogP contribution in [0, 0.1) is 13.1 Å². The number of nitrogens with zero attached hydrogens (tertiary/aromatic N) is 6. The van der Waals surface area contributed by atoms with Gasteiger partial charge in [0.05, 0.1) is 24.5 Å². The summed E-state index contributed by atoms with van der Waals surface area (Å²) >= 11 is 0. The topological polar surface area (TPSA) is 135 Å². The molecule has 0 aliphatic carbocycles. The number of benzene rings is 2. The normalized spacial score (nSPS) is 11.3. The van der Waals surface area contributed by atoms with Crippen molar-refractivity contribution in [3.8, 4) is 45.2 Å². The minimum atomic E-state index is -1.30. The summed E-state index contributed by atoms with van der Waals surface area (Å²) in [6.45, 7) is 14.3. The van der Waals surface area contributed by atoms with Gasteiger partial charge in [0.2, 0.25) is 0 Å². The zero-order chi connectivity index (χ0) is 31.1. The van der Waals surface area contributed by atoms with Gasteiger partial charge >= 0.3 is 11.9 Å². The van der Waals surface area contributed by atoms with Crippen LogP contribution in [-0.2, 0) is 9.59 Å². The van der Waals surface area contributed by atoms with E-state index in [2.05, 4.69) is 24.6 Å². The number of hydrogen-bond donors (Lipinski definition) is 2. The Kier molecular flexibility index (Phi) is 8.37. The highest BCUT2D eigenvalue weighted by Gasteiger charge is 2.14. The molecule has 3 aromatic heterocycles. The van der Waals surface area contributed by atoms with Crippen LogP contribution in [0.1, 0.15) is 11.1 Å². The molecule has 0 amide bonds. The van der Waals surface area contributed by atoms with Crippen LogP contribution in [0.15, 0.2) is 109 Å². The summed E-state index contributed by atoms with van der Waals surface area (Å²) in [5.41, 5.74) is 4.96. The van der Waals surface area contributed by atoms with Crippen molar-refractivity contribution in [1.82, 2.24) is 19.9 Å². The standard InChI is InChI=1S/C34H20N6O4/c1-35-30(33(41)42)16-21-6-3-8-23(14-21)25-10-13-37-27(18-25)28-19-26(20-29(40-28)32-38-11-5-12-39-32)24-9-4-7-22(15-24)17-31(36-2)34(43)44/h3-20H,(H,41,42)(H,43,44)/b30-16-,31-17-. The fourth-order valence-electron chi connectivity index (χ4n) is 4.34. The second-order valence-corrected chi connectivity index (χ2v) is 9.27. The van der Waals surface area contributed by atoms with E-state index in [1.807, 2.05) is 36.4 Å². The molecule has 5 aromatic rings. The smallest absolute Gasteiger partial charge is 0.333 e. The maximum atomic E-state index is 11.4. The van der Waals surface area contributed by atoms with E-state index in [0.29, 0.717) is 34.0 Å². The molecule has 210 valence electrons. The third-order valence-electron chi connectivity index (χ3n) is 6.37. The second-order valence-electron chi connectivity index (χ2n) is 9.27. The lowest BCUT2D eigenvalue weighted by Crippen LogP contribution is -1.97. The summed E-state index contributed by atoms with van der Waals surface area (Å²) in [6.07, 6.45) is 7.51. The van der Waals surface area contributed by atoms with Crippen LogP contribution < -0.4 is 0 Å². The molecule has 0 fully saturated rings. The van der Waals surface area contributed by atoms with Crippen LogP contribution in [0.2, 0.25) is 0 Å². The average Bonchev–Trinajstić information content (AvgIpc) is 3.06. The number of rotatable bonds is 8. The molecule has 0 atom stereocenters. The molecule has 44 heavy (non-hydrogen) atoms. The van der Waals surface area contributed by atoms with Crippen LogP contribution in [0.25, 0.3) is 67.0 Å². The fourth-order valence-corrected chi connectivity index (χ4v) is 4.34. The van der Waals surface area contributed by atoms with E-state index in [0.717, 1.165) is 22.3 Å². The number of carboxylic acid groups (broad SMARTS) is 2. The van der Waals surface area contributed by atoms with Gasteiger partial charge in [-0.25, -0.2) is 24.6 Å². The first-order valence-corrected chi connectivity index (χ1v) is 13.0. The summed E-state index contributed by atoms with van der Waals surface area (Å²) in [6, 6.07) is 23.3. The van der Waals surface area contributed by atoms with Crippen molar-refractivity contribution in [3.63, 3.8) is 0 Å². The maximum absolute atomic E-state index is 11.4. The SMILES string of the molecule is [C-]#[N+]/C(=C\c1cccc(-c2ccnc(-c3cc(-c4cccc(/C=C(\[N+]#[C-])C(=O)O)c4)cc(-c4ncccn4)n3)c2)c1)C(=O)O. The van der Waals surface area contributed by atoms with Crippen LogP contribution in [0.3, 0.4) is 0 Å². The molecule has 3 heterocycles. The highest BCUT2D eigenvalue weighted by molar-refractivity contribution is 5.95. The molecule has 10 nitrogen and oxygen atoms in total. The van der Waals surface area contributed by atoms with Crippen molar-refractivity contribution in [2.45, 2.75) is 0 Å². The van der Waals surface area contributed by atoms with Crippen molar-refractivity contribution in [1.29, 1.82) is 0 Å². The van der Waals surface area contributed by atoms with E-state index in [-0.39, 0.29) is 5.70 Å². The average molecular weight is 577 g/mol. The minimum absolute atomic E-state index is 0.387. The predicted molar refractivity (Wildman–Crippen MR) is 164 cm³/mol. The number of carbonyl (C=O) groups is 2. The number of pyridine rings is 2. The fraction of sp³-hybridized carbons (Fsp3) is 0. The zero-order valence-electron chi connectivity index (χ0n) is 22.8. The highest BCUT2D eigenvalue weighted by atomic mass is 16.4. The Morgan fingerprint density at radius 2 is 1.11 bits per heavy atom. The summed E-state index contributed by atoms with van der Waals surface area (Å²) in [5.74, 6) is -2.20. The van der Waals surface area contributed by atoms with E-state index >= 15 is 0 Å². The van der Waals surface area contributed by atoms with Gasteiger partial charge in [0.25, 0.3) is 11.4 Å². The Morgan fingerprint density at radius 3 is 1.68 bits per heavy atom. The molecule has 2 aromatic carbocycles. The van der Waals surface area contributed by atoms with Gasteiger partial charge in [-0.05, 0) is 88.0 Å². The van der Waals surface area contributed by atoms with Crippen molar-refractivity contribution in [3.05, 3.63) is 143 Å². The molecule has 5 rings (SSSR count). The Hall–Kier alpha value is -6.78. The number of aliphatic carboxylic acids is 2. The molecule has 10 heteroatoms. The lowest BCUT2D eigenvalue weighted by Gasteiger charge is -2.11. The van der Waals surface area contributed by atoms with E-state index < -0.39 is 17.6 Å². The quantitative estimate of drug-likeness (QED) is 0.155. The Balaban J connectivity index is 1.61. The summed E-state index contributed by atoms with van der Waals surface area (Å²) in [7, 11) is 0. The molecule has 0 unspecified atom stereocenters. The monoisotopic (exact) mass is 576 g/mol. The van der Waals surface area contributed by atoms with Crippen molar-refractivity contribution < 1.29 is 19.8 Å². The van der Waals surface area contributed by atoms with Gasteiger partial charge in [0.1, 0.15) is 5.69 Å². The first-order valence-electron chi connectivity index (χ1n) is 13.0. The summed E-state index contributed by atoms with van der Waals surface area (Å²) < 4.78 is 0. The first-order chi connectivity index (χ1) is 21.3. The molecule has 0 spiro atoms. The molecule has 0 aliphatic rings. The van der Waals surface area contributed by atoms with E-state index in [9.17, 15) is 19.8 Å². The van der Waals surface area contributed by atoms with Gasteiger partial charge in [-0.1, -0.05) is 36.4 Å². The molecule has 2 N–H and O–H groups in total. The van der Waals surface area contributed by atoms with Gasteiger partial charge in [-0.3, -0.25) is 14.6 Å². The van der Waals surface area contributed by atoms with Gasteiger partial charge in [-0.15, -0.1) is 0 Å². The van der Waals surface area contributed by atoms with E-state index in [4.69, 9.17) is 18.1 Å². The molecule has 0 saturated carbocycles. The van der Waals surface area contributed by atoms with Crippen LogP contribution in [0.5, 0.6) is 0 Å². The minimum Gasteiger partial charge on any atom is -0.486 e. The van der Waals surface area contributed by atoms with Gasteiger partial charge in [-0.2, -0.15) is 0 Å². The van der Waals surface area contributed by atoms with Gasteiger partial charge in [0.15, 0.2) is 5.82 Å². The lowest BCUT2D eigenvalue weighted by molar-refractivity contribution is -0.133. The molecule has 0 saturated heterocycles. The van der Waals surface area contributed by atoms with Crippen LogP contribution >= 0.6 is 0 Å². The van der Waals surface area contributed by atoms with Gasteiger partial charge in [0, 0.05) is 18.6 Å². The Labute approximate surface area is 251 Å². The summed E-state index contributed by atoms with van der Waals surface area (Å²) in [4.78, 5) is 46.9. The molecular weight excluding hydrogens is 556 g/mol. The molecular formula is C34H20N6O4. The lowest BCUT2D eigenvalue weighted by atomic mass is 9.99. The summed E-state index contributed by atoms with van der Waals surface area (Å²) in [5, 5.41) is 18.5. The Morgan fingerprint density at radius 1 is 0.591 bits per heavy atom. The number of aromatic nitrogens is 4. The van der Waals surface area contributed by atoms with Crippen LogP contribution in [0.4, 0.5) is 0 Å². The Bertz CT molecular complexity index is 2060. The number of hydrogen-bond acceptors (Lipinski definition) is 6. The third-order valence-corrected chi connectivity index (χ3v) is 6.37. The highest BCUT2D eigenvalue weighted by Crippen LogP contribution is 2.31. The molecule has 0 bridgehead atoms. The molecule has 0 radical (unpaired) electrons. The van der Waals surface area contributed by atoms with Crippen molar-refractivity contribution >= 4 is 24.1 Å².